The number of anilines is 1. The van der Waals surface area contributed by atoms with Gasteiger partial charge in [0.25, 0.3) is 5.91 Å². The van der Waals surface area contributed by atoms with Gasteiger partial charge in [-0.25, -0.2) is 4.39 Å². The molecule has 0 aromatic heterocycles. The number of benzene rings is 2. The van der Waals surface area contributed by atoms with Crippen molar-refractivity contribution in [2.45, 2.75) is 49.9 Å². The first-order valence-corrected chi connectivity index (χ1v) is 10.1. The van der Waals surface area contributed by atoms with Gasteiger partial charge in [-0.05, 0) is 51.5 Å². The van der Waals surface area contributed by atoms with Crippen LogP contribution in [0.25, 0.3) is 0 Å². The van der Waals surface area contributed by atoms with E-state index in [1.807, 2.05) is 6.92 Å². The Hall–Kier alpha value is -2.05. The molecule has 0 aliphatic carbocycles. The van der Waals surface area contributed by atoms with Crippen LogP contribution in [0.5, 0.6) is 0 Å². The summed E-state index contributed by atoms with van der Waals surface area (Å²) in [6, 6.07) is 11.1. The highest BCUT2D eigenvalue weighted by Gasteiger charge is 2.26. The van der Waals surface area contributed by atoms with Crippen LogP contribution in [-0.2, 0) is 9.53 Å². The van der Waals surface area contributed by atoms with Crippen molar-refractivity contribution >= 4 is 40.9 Å². The van der Waals surface area contributed by atoms with E-state index in [9.17, 15) is 14.0 Å². The molecule has 4 nitrogen and oxygen atoms in total. The second-order valence-corrected chi connectivity index (χ2v) is 8.78. The molecule has 0 aliphatic heterocycles. The number of hydrogen-bond donors (Lipinski definition) is 1. The molecule has 0 bridgehead atoms. The number of rotatable bonds is 6. The number of amides is 1. The summed E-state index contributed by atoms with van der Waals surface area (Å²) in [7, 11) is 0. The van der Waals surface area contributed by atoms with Crippen molar-refractivity contribution in [3.8, 4) is 0 Å². The molecule has 0 spiro atoms. The highest BCUT2D eigenvalue weighted by atomic mass is 35.5. The van der Waals surface area contributed by atoms with Crippen LogP contribution in [0.4, 0.5) is 10.1 Å². The zero-order valence-corrected chi connectivity index (χ0v) is 17.8. The van der Waals surface area contributed by atoms with Crippen LogP contribution in [-0.4, -0.2) is 22.7 Å². The first kappa shape index (κ1) is 22.2. The lowest BCUT2D eigenvalue weighted by Crippen LogP contribution is -2.30. The molecular formula is C21H23ClFNO3S. The molecule has 0 fully saturated rings. The largest absolute Gasteiger partial charge is 0.459 e. The van der Waals surface area contributed by atoms with Gasteiger partial charge in [0.1, 0.15) is 16.7 Å². The average Bonchev–Trinajstić information content (AvgIpc) is 2.62. The van der Waals surface area contributed by atoms with Crippen molar-refractivity contribution < 1.29 is 18.7 Å². The fourth-order valence-corrected chi connectivity index (χ4v) is 3.58. The highest BCUT2D eigenvalue weighted by Crippen LogP contribution is 2.36. The number of hydrogen-bond acceptors (Lipinski definition) is 4. The minimum Gasteiger partial charge on any atom is -0.459 e. The summed E-state index contributed by atoms with van der Waals surface area (Å²) < 4.78 is 19.7. The van der Waals surface area contributed by atoms with E-state index in [1.54, 1.807) is 51.1 Å². The van der Waals surface area contributed by atoms with Crippen LogP contribution in [0.3, 0.4) is 0 Å². The molecule has 1 N–H and O–H groups in total. The second kappa shape index (κ2) is 9.43. The van der Waals surface area contributed by atoms with E-state index in [1.165, 1.54) is 17.8 Å². The fraction of sp³-hybridized carbons (Fsp3) is 0.333. The summed E-state index contributed by atoms with van der Waals surface area (Å²) in [6.45, 7) is 7.25. The molecule has 0 heterocycles. The third-order valence-electron chi connectivity index (χ3n) is 3.62. The lowest BCUT2D eigenvalue weighted by Gasteiger charge is -2.23. The van der Waals surface area contributed by atoms with Crippen LogP contribution < -0.4 is 5.32 Å². The average molecular weight is 424 g/mol. The van der Waals surface area contributed by atoms with Gasteiger partial charge in [0.05, 0.1) is 10.7 Å². The Labute approximate surface area is 173 Å². The van der Waals surface area contributed by atoms with Crippen LogP contribution in [0, 0.1) is 5.82 Å². The molecule has 0 saturated carbocycles. The molecular weight excluding hydrogens is 401 g/mol. The van der Waals surface area contributed by atoms with Gasteiger partial charge in [-0.15, -0.1) is 11.8 Å². The summed E-state index contributed by atoms with van der Waals surface area (Å²) in [5.41, 5.74) is -0.196. The Kier molecular flexibility index (Phi) is 7.49. The Bertz CT molecular complexity index is 853. The molecule has 1 amide bonds. The first-order valence-electron chi connectivity index (χ1n) is 8.85. The molecule has 2 aromatic rings. The molecule has 28 heavy (non-hydrogen) atoms. The Morgan fingerprint density at radius 3 is 2.43 bits per heavy atom. The van der Waals surface area contributed by atoms with E-state index in [-0.39, 0.29) is 16.7 Å². The van der Waals surface area contributed by atoms with Gasteiger partial charge >= 0.3 is 5.97 Å². The number of halogens is 2. The first-order chi connectivity index (χ1) is 13.1. The van der Waals surface area contributed by atoms with Crippen LogP contribution in [0.15, 0.2) is 47.4 Å². The SMILES string of the molecule is CCC(Sc1cc(NC(=O)c2ccccc2)c(F)cc1Cl)C(=O)OC(C)(C)C. The maximum atomic E-state index is 14.3. The van der Waals surface area contributed by atoms with Crippen molar-refractivity contribution in [1.82, 2.24) is 0 Å². The molecule has 0 saturated heterocycles. The van der Waals surface area contributed by atoms with E-state index in [0.29, 0.717) is 16.9 Å². The van der Waals surface area contributed by atoms with Gasteiger partial charge in [-0.2, -0.15) is 0 Å². The number of carbonyl (C=O) groups excluding carboxylic acids is 2. The van der Waals surface area contributed by atoms with Crippen molar-refractivity contribution in [2.24, 2.45) is 0 Å². The number of esters is 1. The predicted molar refractivity (Wildman–Crippen MR) is 112 cm³/mol. The lowest BCUT2D eigenvalue weighted by molar-refractivity contribution is -0.154. The molecule has 2 aromatic carbocycles. The van der Waals surface area contributed by atoms with Gasteiger partial charge < -0.3 is 10.1 Å². The maximum absolute atomic E-state index is 14.3. The highest BCUT2D eigenvalue weighted by molar-refractivity contribution is 8.00. The van der Waals surface area contributed by atoms with E-state index in [4.69, 9.17) is 16.3 Å². The van der Waals surface area contributed by atoms with Crippen molar-refractivity contribution in [2.75, 3.05) is 5.32 Å². The summed E-state index contributed by atoms with van der Waals surface area (Å²) in [6.07, 6.45) is 0.513. The van der Waals surface area contributed by atoms with E-state index in [0.717, 1.165) is 6.07 Å². The quantitative estimate of drug-likeness (QED) is 0.461. The van der Waals surface area contributed by atoms with E-state index in [2.05, 4.69) is 5.32 Å². The molecule has 0 aliphatic rings. The van der Waals surface area contributed by atoms with Crippen molar-refractivity contribution in [3.63, 3.8) is 0 Å². The second-order valence-electron chi connectivity index (χ2n) is 7.13. The number of thioether (sulfide) groups is 1. The Morgan fingerprint density at radius 2 is 1.86 bits per heavy atom. The smallest absolute Gasteiger partial charge is 0.319 e. The van der Waals surface area contributed by atoms with Crippen molar-refractivity contribution in [1.29, 1.82) is 0 Å². The van der Waals surface area contributed by atoms with Gasteiger partial charge in [-0.3, -0.25) is 9.59 Å². The van der Waals surface area contributed by atoms with Gasteiger partial charge in [0.15, 0.2) is 0 Å². The molecule has 1 atom stereocenters. The van der Waals surface area contributed by atoms with E-state index < -0.39 is 22.6 Å². The predicted octanol–water partition coefficient (Wildman–Crippen LogP) is 5.94. The summed E-state index contributed by atoms with van der Waals surface area (Å²) in [5, 5.41) is 2.22. The zero-order chi connectivity index (χ0) is 20.9. The molecule has 2 rings (SSSR count). The minimum atomic E-state index is -0.649. The van der Waals surface area contributed by atoms with E-state index >= 15 is 0 Å². The molecule has 7 heteroatoms. The van der Waals surface area contributed by atoms with Crippen molar-refractivity contribution in [3.05, 3.63) is 58.9 Å². The van der Waals surface area contributed by atoms with Gasteiger partial charge in [0, 0.05) is 10.5 Å². The summed E-state index contributed by atoms with van der Waals surface area (Å²) in [5.74, 6) is -1.45. The van der Waals surface area contributed by atoms with Gasteiger partial charge in [0.2, 0.25) is 0 Å². The molecule has 0 radical (unpaired) electrons. The normalized spacial score (nSPS) is 12.4. The van der Waals surface area contributed by atoms with Gasteiger partial charge in [-0.1, -0.05) is 36.7 Å². The minimum absolute atomic E-state index is 0.000190. The third kappa shape index (κ3) is 6.24. The summed E-state index contributed by atoms with van der Waals surface area (Å²) >= 11 is 7.35. The lowest BCUT2D eigenvalue weighted by atomic mass is 10.2. The monoisotopic (exact) mass is 423 g/mol. The zero-order valence-electron chi connectivity index (χ0n) is 16.2. The molecule has 1 unspecified atom stereocenters. The standard InChI is InChI=1S/C21H23ClFNO3S/c1-5-17(20(26)27-21(2,3)4)28-18-12-16(15(23)11-14(18)22)24-19(25)13-9-7-6-8-10-13/h6-12,17H,5H2,1-4H3,(H,24,25). The van der Waals surface area contributed by atoms with Crippen LogP contribution in [0.1, 0.15) is 44.5 Å². The van der Waals surface area contributed by atoms with Crippen LogP contribution in [0.2, 0.25) is 5.02 Å². The maximum Gasteiger partial charge on any atom is 0.319 e. The Balaban J connectivity index is 2.22. The summed E-state index contributed by atoms with van der Waals surface area (Å²) in [4.78, 5) is 25.2. The number of ether oxygens (including phenoxy) is 1. The molecule has 150 valence electrons. The number of nitrogens with one attached hydrogen (secondary N) is 1. The Morgan fingerprint density at radius 1 is 1.21 bits per heavy atom. The topological polar surface area (TPSA) is 55.4 Å². The van der Waals surface area contributed by atoms with Crippen LogP contribution >= 0.6 is 23.4 Å². The fourth-order valence-electron chi connectivity index (χ4n) is 2.32. The number of carbonyl (C=O) groups is 2. The third-order valence-corrected chi connectivity index (χ3v) is 5.44.